The third kappa shape index (κ3) is 5.09. The Bertz CT molecular complexity index is 995. The van der Waals surface area contributed by atoms with Crippen LogP contribution in [0.25, 0.3) is 11.1 Å². The second kappa shape index (κ2) is 9.02. The first-order valence-corrected chi connectivity index (χ1v) is 9.11. The predicted molar refractivity (Wildman–Crippen MR) is 112 cm³/mol. The smallest absolute Gasteiger partial charge is 0.269 e. The van der Waals surface area contributed by atoms with Crippen LogP contribution in [0.5, 0.6) is 0 Å². The zero-order valence-corrected chi connectivity index (χ0v) is 16.0. The molecule has 3 aromatic rings. The number of halogens is 1. The van der Waals surface area contributed by atoms with Crippen LogP contribution >= 0.6 is 11.6 Å². The number of nitrogens with one attached hydrogen (secondary N) is 2. The van der Waals surface area contributed by atoms with Crippen LogP contribution in [0.15, 0.2) is 90.6 Å². The van der Waals surface area contributed by atoms with E-state index in [4.69, 9.17) is 11.6 Å². The molecule has 4 nitrogen and oxygen atoms in total. The fraction of sp³-hybridized carbons (Fsp3) is 0.0435. The summed E-state index contributed by atoms with van der Waals surface area (Å²) in [6, 6.07) is 23.9. The molecule has 0 saturated heterocycles. The molecule has 0 saturated carbocycles. The van der Waals surface area contributed by atoms with Gasteiger partial charge in [0.1, 0.15) is 0 Å². The molecule has 0 bridgehead atoms. The molecule has 28 heavy (non-hydrogen) atoms. The van der Waals surface area contributed by atoms with Gasteiger partial charge in [-0.15, -0.1) is 0 Å². The minimum Gasteiger partial charge on any atom is -0.303 e. The van der Waals surface area contributed by atoms with Crippen molar-refractivity contribution in [3.8, 4) is 11.1 Å². The van der Waals surface area contributed by atoms with Gasteiger partial charge in [0.15, 0.2) is 5.78 Å². The minimum absolute atomic E-state index is 0.178. The van der Waals surface area contributed by atoms with E-state index >= 15 is 0 Å². The van der Waals surface area contributed by atoms with E-state index in [0.29, 0.717) is 21.8 Å². The summed E-state index contributed by atoms with van der Waals surface area (Å²) in [6.45, 7) is 1.70. The number of amides is 1. The maximum atomic E-state index is 12.3. The largest absolute Gasteiger partial charge is 0.303 e. The molecule has 0 unspecified atom stereocenters. The Labute approximate surface area is 168 Å². The van der Waals surface area contributed by atoms with Gasteiger partial charge in [0, 0.05) is 27.9 Å². The van der Waals surface area contributed by atoms with Crippen molar-refractivity contribution in [3.05, 3.63) is 107 Å². The van der Waals surface area contributed by atoms with Crippen LogP contribution in [-0.4, -0.2) is 11.7 Å². The number of hydrogen-bond acceptors (Lipinski definition) is 3. The zero-order valence-electron chi connectivity index (χ0n) is 15.3. The monoisotopic (exact) mass is 390 g/mol. The quantitative estimate of drug-likeness (QED) is 0.352. The Morgan fingerprint density at radius 3 is 1.96 bits per heavy atom. The maximum absolute atomic E-state index is 12.3. The highest BCUT2D eigenvalue weighted by molar-refractivity contribution is 6.30. The number of rotatable bonds is 6. The van der Waals surface area contributed by atoms with Crippen LogP contribution in [0, 0.1) is 0 Å². The SMILES string of the molecule is C/C(=C\C(=O)c1ccc(Cl)cc1)NNC(=O)c1ccc(-c2ccccc2)cc1. The molecule has 2 N–H and O–H groups in total. The van der Waals surface area contributed by atoms with Gasteiger partial charge in [-0.05, 0) is 54.4 Å². The topological polar surface area (TPSA) is 58.2 Å². The van der Waals surface area contributed by atoms with Crippen LogP contribution in [0.3, 0.4) is 0 Å². The van der Waals surface area contributed by atoms with E-state index < -0.39 is 0 Å². The zero-order chi connectivity index (χ0) is 19.9. The first-order valence-electron chi connectivity index (χ1n) is 8.73. The number of carbonyl (C=O) groups is 2. The average molecular weight is 391 g/mol. The van der Waals surface area contributed by atoms with E-state index in [1.165, 1.54) is 6.08 Å². The highest BCUT2D eigenvalue weighted by Crippen LogP contribution is 2.19. The lowest BCUT2D eigenvalue weighted by Crippen LogP contribution is -2.36. The molecule has 0 aliphatic carbocycles. The van der Waals surface area contributed by atoms with E-state index in [-0.39, 0.29) is 11.7 Å². The van der Waals surface area contributed by atoms with E-state index in [9.17, 15) is 9.59 Å². The number of hydrogen-bond donors (Lipinski definition) is 2. The van der Waals surface area contributed by atoms with Gasteiger partial charge in [0.2, 0.25) is 0 Å². The molecule has 0 aromatic heterocycles. The standard InChI is InChI=1S/C23H19ClN2O2/c1-16(15-22(27)19-11-13-21(24)14-12-19)25-26-23(28)20-9-7-18(8-10-20)17-5-3-2-4-6-17/h2-15,25H,1H3,(H,26,28)/b16-15+. The van der Waals surface area contributed by atoms with Crippen molar-refractivity contribution >= 4 is 23.3 Å². The van der Waals surface area contributed by atoms with Gasteiger partial charge in [-0.1, -0.05) is 54.1 Å². The summed E-state index contributed by atoms with van der Waals surface area (Å²) in [4.78, 5) is 24.5. The number of hydrazine groups is 1. The molecule has 0 aliphatic rings. The molecular weight excluding hydrogens is 372 g/mol. The predicted octanol–water partition coefficient (Wildman–Crippen LogP) is 5.03. The summed E-state index contributed by atoms with van der Waals surface area (Å²) in [5.74, 6) is -0.463. The molecule has 140 valence electrons. The average Bonchev–Trinajstić information content (AvgIpc) is 2.73. The Hall–Kier alpha value is -3.37. The molecule has 0 radical (unpaired) electrons. The summed E-state index contributed by atoms with van der Waals surface area (Å²) in [5, 5.41) is 0.570. The van der Waals surface area contributed by atoms with Crippen LogP contribution in [-0.2, 0) is 0 Å². The van der Waals surface area contributed by atoms with E-state index in [0.717, 1.165) is 11.1 Å². The van der Waals surface area contributed by atoms with Crippen molar-refractivity contribution in [3.63, 3.8) is 0 Å². The van der Waals surface area contributed by atoms with Crippen molar-refractivity contribution in [2.24, 2.45) is 0 Å². The molecule has 0 fully saturated rings. The van der Waals surface area contributed by atoms with Crippen molar-refractivity contribution in [2.45, 2.75) is 6.92 Å². The lowest BCUT2D eigenvalue weighted by atomic mass is 10.0. The fourth-order valence-corrected chi connectivity index (χ4v) is 2.73. The van der Waals surface area contributed by atoms with Crippen LogP contribution in [0.4, 0.5) is 0 Å². The highest BCUT2D eigenvalue weighted by Gasteiger charge is 2.07. The Morgan fingerprint density at radius 2 is 1.32 bits per heavy atom. The number of allylic oxidation sites excluding steroid dienone is 2. The minimum atomic E-state index is -0.286. The molecule has 5 heteroatoms. The lowest BCUT2D eigenvalue weighted by molar-refractivity contribution is 0.0936. The van der Waals surface area contributed by atoms with Crippen LogP contribution < -0.4 is 10.9 Å². The summed E-state index contributed by atoms with van der Waals surface area (Å²) >= 11 is 5.82. The molecule has 3 rings (SSSR count). The lowest BCUT2D eigenvalue weighted by Gasteiger charge is -2.09. The normalized spacial score (nSPS) is 11.0. The molecular formula is C23H19ClN2O2. The van der Waals surface area contributed by atoms with Gasteiger partial charge in [0.05, 0.1) is 0 Å². The second-order valence-electron chi connectivity index (χ2n) is 6.22. The van der Waals surface area contributed by atoms with Crippen molar-refractivity contribution in [2.75, 3.05) is 0 Å². The molecule has 1 amide bonds. The van der Waals surface area contributed by atoms with Crippen LogP contribution in [0.2, 0.25) is 5.02 Å². The van der Waals surface area contributed by atoms with E-state index in [1.54, 1.807) is 43.3 Å². The van der Waals surface area contributed by atoms with Crippen LogP contribution in [0.1, 0.15) is 27.6 Å². The van der Waals surface area contributed by atoms with Gasteiger partial charge in [-0.3, -0.25) is 15.0 Å². The molecule has 0 aliphatic heterocycles. The Morgan fingerprint density at radius 1 is 0.750 bits per heavy atom. The first-order chi connectivity index (χ1) is 13.5. The molecule has 0 spiro atoms. The van der Waals surface area contributed by atoms with Crippen molar-refractivity contribution in [1.82, 2.24) is 10.9 Å². The fourth-order valence-electron chi connectivity index (χ4n) is 2.60. The van der Waals surface area contributed by atoms with Gasteiger partial charge in [0.25, 0.3) is 5.91 Å². The van der Waals surface area contributed by atoms with Gasteiger partial charge >= 0.3 is 0 Å². The summed E-state index contributed by atoms with van der Waals surface area (Å²) in [7, 11) is 0. The third-order valence-electron chi connectivity index (χ3n) is 4.10. The summed E-state index contributed by atoms with van der Waals surface area (Å²) in [6.07, 6.45) is 1.42. The second-order valence-corrected chi connectivity index (χ2v) is 6.66. The Kier molecular flexibility index (Phi) is 6.25. The molecule has 0 atom stereocenters. The molecule has 3 aromatic carbocycles. The van der Waals surface area contributed by atoms with Gasteiger partial charge in [-0.25, -0.2) is 0 Å². The maximum Gasteiger partial charge on any atom is 0.269 e. The first kappa shape index (κ1) is 19.4. The summed E-state index contributed by atoms with van der Waals surface area (Å²) in [5.41, 5.74) is 9.04. The van der Waals surface area contributed by atoms with E-state index in [1.807, 2.05) is 42.5 Å². The van der Waals surface area contributed by atoms with Gasteiger partial charge < -0.3 is 5.43 Å². The third-order valence-corrected chi connectivity index (χ3v) is 4.36. The summed E-state index contributed by atoms with van der Waals surface area (Å²) < 4.78 is 0. The van der Waals surface area contributed by atoms with Gasteiger partial charge in [-0.2, -0.15) is 0 Å². The highest BCUT2D eigenvalue weighted by atomic mass is 35.5. The number of benzene rings is 3. The number of carbonyl (C=O) groups excluding carboxylic acids is 2. The molecule has 0 heterocycles. The van der Waals surface area contributed by atoms with Crippen molar-refractivity contribution < 1.29 is 9.59 Å². The van der Waals surface area contributed by atoms with Crippen molar-refractivity contribution in [1.29, 1.82) is 0 Å². The van der Waals surface area contributed by atoms with E-state index in [2.05, 4.69) is 10.9 Å². The Balaban J connectivity index is 1.58. The number of ketones is 1.